The summed E-state index contributed by atoms with van der Waals surface area (Å²) in [6.07, 6.45) is 2.13. The second kappa shape index (κ2) is 5.87. The van der Waals surface area contributed by atoms with Crippen LogP contribution in [0.2, 0.25) is 0 Å². The number of carbonyl (C=O) groups excluding carboxylic acids is 2. The van der Waals surface area contributed by atoms with Gasteiger partial charge >= 0.3 is 0 Å². The Bertz CT molecular complexity index is 471. The van der Waals surface area contributed by atoms with Crippen LogP contribution in [0.4, 0.5) is 0 Å². The van der Waals surface area contributed by atoms with Crippen LogP contribution in [0.5, 0.6) is 0 Å². The minimum atomic E-state index is -0.164. The van der Waals surface area contributed by atoms with E-state index in [-0.39, 0.29) is 18.4 Å². The Kier molecular flexibility index (Phi) is 4.20. The van der Waals surface area contributed by atoms with Crippen LogP contribution in [0.1, 0.15) is 34.3 Å². The second-order valence-electron chi connectivity index (χ2n) is 5.04. The quantitative estimate of drug-likeness (QED) is 0.898. The summed E-state index contributed by atoms with van der Waals surface area (Å²) in [5.41, 5.74) is 2.55. The van der Waals surface area contributed by atoms with Gasteiger partial charge in [-0.05, 0) is 37.8 Å². The van der Waals surface area contributed by atoms with Gasteiger partial charge in [0.15, 0.2) is 0 Å². The summed E-state index contributed by atoms with van der Waals surface area (Å²) in [6.45, 7) is 5.54. The van der Waals surface area contributed by atoms with E-state index in [1.165, 1.54) is 0 Å². The molecule has 1 aliphatic rings. The van der Waals surface area contributed by atoms with Crippen molar-refractivity contribution >= 4 is 11.8 Å². The first-order valence-electron chi connectivity index (χ1n) is 6.72. The number of rotatable bonds is 3. The smallest absolute Gasteiger partial charge is 0.252 e. The van der Waals surface area contributed by atoms with Crippen LogP contribution in [-0.4, -0.2) is 36.3 Å². The Balaban J connectivity index is 1.96. The largest absolute Gasteiger partial charge is 0.343 e. The van der Waals surface area contributed by atoms with E-state index in [1.807, 2.05) is 36.9 Å². The molecular formula is C15H20N2O2. The van der Waals surface area contributed by atoms with Crippen LogP contribution in [-0.2, 0) is 4.79 Å². The highest BCUT2D eigenvalue weighted by Crippen LogP contribution is 2.13. The number of hydrogen-bond donors (Lipinski definition) is 1. The molecule has 1 aromatic rings. The van der Waals surface area contributed by atoms with Gasteiger partial charge in [0.05, 0.1) is 6.54 Å². The van der Waals surface area contributed by atoms with E-state index in [1.54, 1.807) is 0 Å². The highest BCUT2D eigenvalue weighted by Gasteiger charge is 2.19. The summed E-state index contributed by atoms with van der Waals surface area (Å²) in [5.74, 6) is -0.153. The van der Waals surface area contributed by atoms with Crippen LogP contribution < -0.4 is 5.32 Å². The van der Waals surface area contributed by atoms with Crippen molar-refractivity contribution in [3.8, 4) is 0 Å². The van der Waals surface area contributed by atoms with Gasteiger partial charge in [0.1, 0.15) is 0 Å². The highest BCUT2D eigenvalue weighted by molar-refractivity contribution is 5.98. The predicted octanol–water partition coefficient (Wildman–Crippen LogP) is 1.66. The maximum atomic E-state index is 12.1. The Labute approximate surface area is 113 Å². The van der Waals surface area contributed by atoms with Gasteiger partial charge in [-0.15, -0.1) is 0 Å². The minimum Gasteiger partial charge on any atom is -0.343 e. The number of nitrogens with one attached hydrogen (secondary N) is 1. The first kappa shape index (κ1) is 13.6. The van der Waals surface area contributed by atoms with Gasteiger partial charge in [-0.25, -0.2) is 0 Å². The van der Waals surface area contributed by atoms with Crippen LogP contribution in [0.25, 0.3) is 0 Å². The molecule has 1 N–H and O–H groups in total. The first-order valence-corrected chi connectivity index (χ1v) is 6.72. The molecule has 0 saturated carbocycles. The lowest BCUT2D eigenvalue weighted by molar-refractivity contribution is -0.129. The number of nitrogens with zero attached hydrogens (tertiary/aromatic N) is 1. The van der Waals surface area contributed by atoms with Crippen molar-refractivity contribution in [2.75, 3.05) is 19.6 Å². The number of carbonyl (C=O) groups is 2. The van der Waals surface area contributed by atoms with E-state index < -0.39 is 0 Å². The number of amides is 2. The molecule has 0 radical (unpaired) electrons. The fourth-order valence-corrected chi connectivity index (χ4v) is 2.50. The van der Waals surface area contributed by atoms with Gasteiger partial charge < -0.3 is 10.2 Å². The standard InChI is InChI=1S/C15H20N2O2/c1-11-6-5-7-12(2)14(11)15(19)16-10-13(18)17-8-3-4-9-17/h5-7H,3-4,8-10H2,1-2H3,(H,16,19). The summed E-state index contributed by atoms with van der Waals surface area (Å²) in [6, 6.07) is 5.74. The van der Waals surface area contributed by atoms with E-state index >= 15 is 0 Å². The molecule has 4 heteroatoms. The molecule has 0 unspecified atom stereocenters. The lowest BCUT2D eigenvalue weighted by atomic mass is 10.0. The molecule has 0 bridgehead atoms. The Hall–Kier alpha value is -1.84. The lowest BCUT2D eigenvalue weighted by Crippen LogP contribution is -2.39. The van der Waals surface area contributed by atoms with Gasteiger partial charge in [0.2, 0.25) is 5.91 Å². The van der Waals surface area contributed by atoms with E-state index in [4.69, 9.17) is 0 Å². The maximum absolute atomic E-state index is 12.1. The molecule has 102 valence electrons. The van der Waals surface area contributed by atoms with Crippen molar-refractivity contribution in [2.45, 2.75) is 26.7 Å². The van der Waals surface area contributed by atoms with Gasteiger partial charge in [0, 0.05) is 18.7 Å². The lowest BCUT2D eigenvalue weighted by Gasteiger charge is -2.16. The molecule has 0 spiro atoms. The number of hydrogen-bond acceptors (Lipinski definition) is 2. The number of benzene rings is 1. The summed E-state index contributed by atoms with van der Waals surface area (Å²) < 4.78 is 0. The van der Waals surface area contributed by atoms with Crippen molar-refractivity contribution < 1.29 is 9.59 Å². The Morgan fingerprint density at radius 1 is 1.16 bits per heavy atom. The predicted molar refractivity (Wildman–Crippen MR) is 74.1 cm³/mol. The third-order valence-electron chi connectivity index (χ3n) is 3.57. The highest BCUT2D eigenvalue weighted by atomic mass is 16.2. The molecule has 2 rings (SSSR count). The molecule has 1 saturated heterocycles. The molecule has 0 atom stereocenters. The summed E-state index contributed by atoms with van der Waals surface area (Å²) in [4.78, 5) is 25.8. The second-order valence-corrected chi connectivity index (χ2v) is 5.04. The van der Waals surface area contributed by atoms with E-state index in [2.05, 4.69) is 5.32 Å². The molecular weight excluding hydrogens is 240 g/mol. The van der Waals surface area contributed by atoms with Crippen molar-refractivity contribution in [2.24, 2.45) is 0 Å². The van der Waals surface area contributed by atoms with Crippen molar-refractivity contribution in [3.05, 3.63) is 34.9 Å². The summed E-state index contributed by atoms with van der Waals surface area (Å²) >= 11 is 0. The SMILES string of the molecule is Cc1cccc(C)c1C(=O)NCC(=O)N1CCCC1. The van der Waals surface area contributed by atoms with Crippen molar-refractivity contribution in [3.63, 3.8) is 0 Å². The monoisotopic (exact) mass is 260 g/mol. The minimum absolute atomic E-state index is 0.0112. The summed E-state index contributed by atoms with van der Waals surface area (Å²) in [7, 11) is 0. The molecule has 1 aromatic carbocycles. The molecule has 0 aromatic heterocycles. The zero-order valence-electron chi connectivity index (χ0n) is 11.5. The third-order valence-corrected chi connectivity index (χ3v) is 3.57. The first-order chi connectivity index (χ1) is 9.09. The molecule has 2 amide bonds. The van der Waals surface area contributed by atoms with Crippen LogP contribution >= 0.6 is 0 Å². The fraction of sp³-hybridized carbons (Fsp3) is 0.467. The average Bonchev–Trinajstić information content (AvgIpc) is 2.89. The van der Waals surface area contributed by atoms with Crippen LogP contribution in [0, 0.1) is 13.8 Å². The Morgan fingerprint density at radius 3 is 2.32 bits per heavy atom. The van der Waals surface area contributed by atoms with Gasteiger partial charge in [-0.2, -0.15) is 0 Å². The average molecular weight is 260 g/mol. The van der Waals surface area contributed by atoms with Gasteiger partial charge in [-0.3, -0.25) is 9.59 Å². The Morgan fingerprint density at radius 2 is 1.74 bits per heavy atom. The topological polar surface area (TPSA) is 49.4 Å². The van der Waals surface area contributed by atoms with E-state index in [0.717, 1.165) is 37.1 Å². The number of aryl methyl sites for hydroxylation is 2. The zero-order chi connectivity index (χ0) is 13.8. The molecule has 1 aliphatic heterocycles. The normalized spacial score (nSPS) is 14.5. The molecule has 1 fully saturated rings. The third kappa shape index (κ3) is 3.13. The van der Waals surface area contributed by atoms with Crippen LogP contribution in [0.15, 0.2) is 18.2 Å². The molecule has 4 nitrogen and oxygen atoms in total. The number of likely N-dealkylation sites (tertiary alicyclic amines) is 1. The van der Waals surface area contributed by atoms with Crippen LogP contribution in [0.3, 0.4) is 0 Å². The van der Waals surface area contributed by atoms with E-state index in [0.29, 0.717) is 5.56 Å². The van der Waals surface area contributed by atoms with Crippen molar-refractivity contribution in [1.29, 1.82) is 0 Å². The molecule has 19 heavy (non-hydrogen) atoms. The van der Waals surface area contributed by atoms with E-state index in [9.17, 15) is 9.59 Å². The maximum Gasteiger partial charge on any atom is 0.252 e. The molecule has 0 aliphatic carbocycles. The zero-order valence-corrected chi connectivity index (χ0v) is 11.5. The van der Waals surface area contributed by atoms with Crippen molar-refractivity contribution in [1.82, 2.24) is 10.2 Å². The molecule has 1 heterocycles. The fourth-order valence-electron chi connectivity index (χ4n) is 2.50. The van der Waals surface area contributed by atoms with Gasteiger partial charge in [-0.1, -0.05) is 18.2 Å². The van der Waals surface area contributed by atoms with Gasteiger partial charge in [0.25, 0.3) is 5.91 Å². The summed E-state index contributed by atoms with van der Waals surface area (Å²) in [5, 5.41) is 2.73.